The van der Waals surface area contributed by atoms with Gasteiger partial charge >= 0.3 is 0 Å². The van der Waals surface area contributed by atoms with Gasteiger partial charge in [-0.25, -0.2) is 0 Å². The Balaban J connectivity index is 1.89. The van der Waals surface area contributed by atoms with E-state index in [-0.39, 0.29) is 12.2 Å². The van der Waals surface area contributed by atoms with Crippen molar-refractivity contribution >= 4 is 0 Å². The quantitative estimate of drug-likeness (QED) is 0.706. The van der Waals surface area contributed by atoms with E-state index in [1.807, 2.05) is 13.8 Å². The fourth-order valence-corrected chi connectivity index (χ4v) is 2.93. The molecule has 3 aliphatic rings. The van der Waals surface area contributed by atoms with Gasteiger partial charge in [-0.1, -0.05) is 0 Å². The van der Waals surface area contributed by atoms with E-state index in [4.69, 9.17) is 18.9 Å². The minimum absolute atomic E-state index is 0.226. The van der Waals surface area contributed by atoms with Crippen LogP contribution in [0.4, 0.5) is 0 Å². The molecule has 5 atom stereocenters. The van der Waals surface area contributed by atoms with E-state index in [2.05, 4.69) is 0 Å². The van der Waals surface area contributed by atoms with Gasteiger partial charge in [0.25, 0.3) is 0 Å². The van der Waals surface area contributed by atoms with Crippen LogP contribution in [0.2, 0.25) is 0 Å². The summed E-state index contributed by atoms with van der Waals surface area (Å²) < 4.78 is 22.7. The van der Waals surface area contributed by atoms with Gasteiger partial charge in [0.2, 0.25) is 0 Å². The molecule has 0 radical (unpaired) electrons. The van der Waals surface area contributed by atoms with Crippen molar-refractivity contribution < 1.29 is 24.1 Å². The van der Waals surface area contributed by atoms with Crippen molar-refractivity contribution in [1.82, 2.24) is 0 Å². The molecule has 16 heavy (non-hydrogen) atoms. The van der Waals surface area contributed by atoms with Gasteiger partial charge < -0.3 is 24.1 Å². The molecular weight excluding hydrogens is 212 g/mol. The molecule has 2 aliphatic heterocycles. The summed E-state index contributed by atoms with van der Waals surface area (Å²) in [6, 6.07) is 0. The van der Waals surface area contributed by atoms with E-state index in [0.717, 1.165) is 12.8 Å². The first-order chi connectivity index (χ1) is 7.48. The SMILES string of the molecule is COC1O[C@]2(CC[C@H]2O)C2OC(C)(C)OC12. The van der Waals surface area contributed by atoms with Crippen LogP contribution in [0.15, 0.2) is 0 Å². The monoisotopic (exact) mass is 230 g/mol. The molecule has 5 nitrogen and oxygen atoms in total. The van der Waals surface area contributed by atoms with Crippen molar-refractivity contribution in [3.05, 3.63) is 0 Å². The van der Waals surface area contributed by atoms with Crippen molar-refractivity contribution in [2.24, 2.45) is 0 Å². The van der Waals surface area contributed by atoms with Crippen molar-refractivity contribution in [1.29, 1.82) is 0 Å². The van der Waals surface area contributed by atoms with Gasteiger partial charge in [-0.3, -0.25) is 0 Å². The third-order valence-electron chi connectivity index (χ3n) is 3.82. The second kappa shape index (κ2) is 3.17. The smallest absolute Gasteiger partial charge is 0.187 e. The first-order valence-corrected chi connectivity index (χ1v) is 5.73. The van der Waals surface area contributed by atoms with Crippen molar-refractivity contribution in [3.8, 4) is 0 Å². The van der Waals surface area contributed by atoms with E-state index < -0.39 is 23.8 Å². The summed E-state index contributed by atoms with van der Waals surface area (Å²) in [6.45, 7) is 3.74. The maximum atomic E-state index is 9.91. The molecule has 2 saturated heterocycles. The predicted octanol–water partition coefficient (Wildman–Crippen LogP) is 0.403. The molecule has 1 N–H and O–H groups in total. The minimum Gasteiger partial charge on any atom is -0.390 e. The Morgan fingerprint density at radius 3 is 2.50 bits per heavy atom. The highest BCUT2D eigenvalue weighted by molar-refractivity contribution is 5.13. The molecule has 1 aliphatic carbocycles. The zero-order valence-corrected chi connectivity index (χ0v) is 9.80. The number of rotatable bonds is 1. The molecule has 0 aromatic rings. The topological polar surface area (TPSA) is 57.2 Å². The highest BCUT2D eigenvalue weighted by Gasteiger charge is 2.68. The largest absolute Gasteiger partial charge is 0.390 e. The molecule has 1 saturated carbocycles. The Labute approximate surface area is 94.6 Å². The van der Waals surface area contributed by atoms with Crippen LogP contribution in [0.3, 0.4) is 0 Å². The zero-order chi connectivity index (χ0) is 11.6. The van der Waals surface area contributed by atoms with Crippen LogP contribution in [0.1, 0.15) is 26.7 Å². The number of methoxy groups -OCH3 is 1. The van der Waals surface area contributed by atoms with Crippen molar-refractivity contribution in [2.45, 2.75) is 62.7 Å². The normalized spacial score (nSPS) is 54.0. The first-order valence-electron chi connectivity index (χ1n) is 5.73. The molecule has 1 spiro atoms. The second-order valence-electron chi connectivity index (χ2n) is 5.25. The second-order valence-corrected chi connectivity index (χ2v) is 5.25. The van der Waals surface area contributed by atoms with Crippen LogP contribution in [0, 0.1) is 0 Å². The van der Waals surface area contributed by atoms with Gasteiger partial charge in [0.05, 0.1) is 6.10 Å². The molecule has 0 aromatic carbocycles. The number of aliphatic hydroxyl groups excluding tert-OH is 1. The van der Waals surface area contributed by atoms with E-state index in [1.54, 1.807) is 7.11 Å². The van der Waals surface area contributed by atoms with Crippen LogP contribution in [-0.2, 0) is 18.9 Å². The Morgan fingerprint density at radius 2 is 2.00 bits per heavy atom. The van der Waals surface area contributed by atoms with Gasteiger partial charge in [-0.05, 0) is 26.7 Å². The summed E-state index contributed by atoms with van der Waals surface area (Å²) in [4.78, 5) is 0. The lowest BCUT2D eigenvalue weighted by Gasteiger charge is -2.45. The third-order valence-corrected chi connectivity index (χ3v) is 3.82. The Hall–Kier alpha value is -0.200. The molecule has 0 aromatic heterocycles. The molecule has 3 rings (SSSR count). The molecule has 92 valence electrons. The number of hydrogen-bond donors (Lipinski definition) is 1. The van der Waals surface area contributed by atoms with E-state index >= 15 is 0 Å². The zero-order valence-electron chi connectivity index (χ0n) is 9.80. The lowest BCUT2D eigenvalue weighted by atomic mass is 9.73. The number of hydrogen-bond acceptors (Lipinski definition) is 5. The van der Waals surface area contributed by atoms with Crippen LogP contribution in [0.5, 0.6) is 0 Å². The Kier molecular flexibility index (Phi) is 2.17. The molecule has 2 heterocycles. The third kappa shape index (κ3) is 1.23. The summed E-state index contributed by atoms with van der Waals surface area (Å²) in [5.41, 5.74) is -0.612. The maximum Gasteiger partial charge on any atom is 0.187 e. The van der Waals surface area contributed by atoms with Gasteiger partial charge in [-0.15, -0.1) is 0 Å². The Morgan fingerprint density at radius 1 is 1.25 bits per heavy atom. The molecule has 3 unspecified atom stereocenters. The summed E-state index contributed by atoms with van der Waals surface area (Å²) in [5.74, 6) is -0.627. The fourth-order valence-electron chi connectivity index (χ4n) is 2.93. The minimum atomic E-state index is -0.627. The molecular formula is C11H18O5. The highest BCUT2D eigenvalue weighted by atomic mass is 16.8. The average Bonchev–Trinajstić information content (AvgIpc) is 2.68. The van der Waals surface area contributed by atoms with Gasteiger partial charge in [0.15, 0.2) is 12.1 Å². The van der Waals surface area contributed by atoms with Gasteiger partial charge in [0, 0.05) is 7.11 Å². The lowest BCUT2D eigenvalue weighted by Crippen LogP contribution is -2.59. The standard InChI is InChI=1S/C11H18O5/c1-10(2)14-7-8(15-10)11(5-4-6(11)12)16-9(7)13-3/h6-9,12H,4-5H2,1-3H3/t6-,7?,8?,9?,11+/m1/s1. The van der Waals surface area contributed by atoms with Crippen LogP contribution in [-0.4, -0.2) is 48.2 Å². The molecule has 0 bridgehead atoms. The van der Waals surface area contributed by atoms with Crippen LogP contribution >= 0.6 is 0 Å². The van der Waals surface area contributed by atoms with Gasteiger partial charge in [0.1, 0.15) is 17.8 Å². The van der Waals surface area contributed by atoms with Crippen molar-refractivity contribution in [2.75, 3.05) is 7.11 Å². The van der Waals surface area contributed by atoms with Crippen LogP contribution < -0.4 is 0 Å². The average molecular weight is 230 g/mol. The molecule has 0 amide bonds. The van der Waals surface area contributed by atoms with Gasteiger partial charge in [-0.2, -0.15) is 0 Å². The summed E-state index contributed by atoms with van der Waals surface area (Å²) in [5, 5.41) is 9.91. The first kappa shape index (κ1) is 10.9. The van der Waals surface area contributed by atoms with Crippen molar-refractivity contribution in [3.63, 3.8) is 0 Å². The van der Waals surface area contributed by atoms with Crippen LogP contribution in [0.25, 0.3) is 0 Å². The number of ether oxygens (including phenoxy) is 4. The van der Waals surface area contributed by atoms with E-state index in [9.17, 15) is 5.11 Å². The number of fused-ring (bicyclic) bond motifs is 2. The fraction of sp³-hybridized carbons (Fsp3) is 1.00. The lowest BCUT2D eigenvalue weighted by molar-refractivity contribution is -0.289. The van der Waals surface area contributed by atoms with E-state index in [1.165, 1.54) is 0 Å². The summed E-state index contributed by atoms with van der Waals surface area (Å²) in [7, 11) is 1.58. The van der Waals surface area contributed by atoms with E-state index in [0.29, 0.717) is 0 Å². The predicted molar refractivity (Wildman–Crippen MR) is 53.7 cm³/mol. The Bertz CT molecular complexity index is 305. The highest BCUT2D eigenvalue weighted by Crippen LogP contribution is 2.52. The maximum absolute atomic E-state index is 9.91. The summed E-state index contributed by atoms with van der Waals surface area (Å²) in [6.07, 6.45) is 0.170. The number of aliphatic hydroxyl groups is 1. The summed E-state index contributed by atoms with van der Waals surface area (Å²) >= 11 is 0. The molecule has 3 fully saturated rings. The molecule has 5 heteroatoms.